The number of carbonyl (C=O) groups excluding carboxylic acids is 2. The summed E-state index contributed by atoms with van der Waals surface area (Å²) in [6.07, 6.45) is -1.23. The summed E-state index contributed by atoms with van der Waals surface area (Å²) in [6, 6.07) is 9.13. The third-order valence-electron chi connectivity index (χ3n) is 6.27. The van der Waals surface area contributed by atoms with Crippen LogP contribution in [-0.2, 0) is 30.3 Å². The van der Waals surface area contributed by atoms with Crippen molar-refractivity contribution in [2.75, 3.05) is 6.61 Å². The average molecular weight is 531 g/mol. The van der Waals surface area contributed by atoms with Gasteiger partial charge in [0.1, 0.15) is 24.0 Å². The van der Waals surface area contributed by atoms with E-state index in [1.54, 1.807) is 27.7 Å². The zero-order valence-corrected chi connectivity index (χ0v) is 21.8. The highest BCUT2D eigenvalue weighted by Gasteiger charge is 2.48. The molecule has 0 radical (unpaired) electrons. The summed E-state index contributed by atoms with van der Waals surface area (Å²) >= 11 is 0. The predicted octanol–water partition coefficient (Wildman–Crippen LogP) is 1.21. The van der Waals surface area contributed by atoms with Crippen LogP contribution in [0.25, 0.3) is 0 Å². The van der Waals surface area contributed by atoms with E-state index >= 15 is 0 Å². The molecule has 12 nitrogen and oxygen atoms in total. The summed E-state index contributed by atoms with van der Waals surface area (Å²) in [4.78, 5) is 51.8. The van der Waals surface area contributed by atoms with E-state index < -0.39 is 59.4 Å². The van der Waals surface area contributed by atoms with Gasteiger partial charge < -0.3 is 29.6 Å². The van der Waals surface area contributed by atoms with Gasteiger partial charge in [0.15, 0.2) is 0 Å². The second kappa shape index (κ2) is 11.5. The molecule has 1 aromatic heterocycles. The topological polar surface area (TPSA) is 150 Å². The Bertz CT molecular complexity index is 1240. The van der Waals surface area contributed by atoms with E-state index in [4.69, 9.17) is 18.9 Å². The summed E-state index contributed by atoms with van der Waals surface area (Å²) in [6.45, 7) is 7.34. The molecule has 38 heavy (non-hydrogen) atoms. The number of ether oxygens (including phenoxy) is 4. The van der Waals surface area contributed by atoms with Crippen molar-refractivity contribution in [3.05, 3.63) is 69.0 Å². The molecule has 2 amide bonds. The smallest absolute Gasteiger partial charge is 0.408 e. The van der Waals surface area contributed by atoms with Crippen LogP contribution < -0.4 is 21.9 Å². The Morgan fingerprint density at radius 1 is 1.18 bits per heavy atom. The van der Waals surface area contributed by atoms with Crippen LogP contribution in [0.15, 0.2) is 52.2 Å². The molecular weight excluding hydrogens is 496 g/mol. The third-order valence-corrected chi connectivity index (χ3v) is 6.27. The minimum atomic E-state index is -1.06. The number of nitrogens with one attached hydrogen (secondary N) is 3. The average Bonchev–Trinajstić information content (AvgIpc) is 3.42. The third kappa shape index (κ3) is 6.88. The van der Waals surface area contributed by atoms with E-state index in [1.807, 2.05) is 30.3 Å². The van der Waals surface area contributed by atoms with E-state index in [0.29, 0.717) is 6.42 Å². The molecule has 1 aromatic carbocycles. The van der Waals surface area contributed by atoms with Crippen molar-refractivity contribution in [1.29, 1.82) is 0 Å². The van der Waals surface area contributed by atoms with Gasteiger partial charge >= 0.3 is 11.8 Å². The van der Waals surface area contributed by atoms with Crippen molar-refractivity contribution < 1.29 is 28.5 Å². The number of hydrogen-bond donors (Lipinski definition) is 3. The lowest BCUT2D eigenvalue weighted by Crippen LogP contribution is -2.57. The van der Waals surface area contributed by atoms with Crippen LogP contribution in [0.1, 0.15) is 45.9 Å². The van der Waals surface area contributed by atoms with Gasteiger partial charge in [0, 0.05) is 18.7 Å². The largest absolute Gasteiger partial charge is 0.444 e. The van der Waals surface area contributed by atoms with Gasteiger partial charge in [-0.15, -0.1) is 0 Å². The van der Waals surface area contributed by atoms with Crippen molar-refractivity contribution in [3.63, 3.8) is 0 Å². The number of rotatable bonds is 8. The van der Waals surface area contributed by atoms with Gasteiger partial charge in [-0.2, -0.15) is 0 Å². The number of nitrogens with zero attached hydrogens (tertiary/aromatic N) is 1. The number of hydrogen-bond acceptors (Lipinski definition) is 8. The molecule has 3 N–H and O–H groups in total. The molecule has 3 heterocycles. The van der Waals surface area contributed by atoms with Gasteiger partial charge in [0.2, 0.25) is 5.91 Å². The molecule has 206 valence electrons. The summed E-state index contributed by atoms with van der Waals surface area (Å²) in [5.74, 6) is -0.487. The van der Waals surface area contributed by atoms with Crippen molar-refractivity contribution >= 4 is 12.0 Å². The van der Waals surface area contributed by atoms with Crippen molar-refractivity contribution in [2.24, 2.45) is 0 Å². The highest BCUT2D eigenvalue weighted by atomic mass is 16.6. The van der Waals surface area contributed by atoms with Gasteiger partial charge in [0.05, 0.1) is 31.5 Å². The van der Waals surface area contributed by atoms with E-state index in [2.05, 4.69) is 15.6 Å². The fourth-order valence-electron chi connectivity index (χ4n) is 4.45. The molecule has 2 fully saturated rings. The second-order valence-electron chi connectivity index (χ2n) is 10.4. The number of benzene rings is 1. The van der Waals surface area contributed by atoms with Crippen LogP contribution in [0.3, 0.4) is 0 Å². The first kappa shape index (κ1) is 27.6. The fourth-order valence-corrected chi connectivity index (χ4v) is 4.45. The minimum Gasteiger partial charge on any atom is -0.444 e. The Kier molecular flexibility index (Phi) is 8.34. The van der Waals surface area contributed by atoms with Gasteiger partial charge in [0.25, 0.3) is 5.56 Å². The molecule has 0 spiro atoms. The first-order chi connectivity index (χ1) is 18.0. The van der Waals surface area contributed by atoms with Gasteiger partial charge in [-0.1, -0.05) is 30.3 Å². The number of aromatic nitrogens is 2. The number of alkyl carbamates (subject to hydrolysis) is 1. The highest BCUT2D eigenvalue weighted by Crippen LogP contribution is 2.35. The first-order valence-corrected chi connectivity index (χ1v) is 12.5. The van der Waals surface area contributed by atoms with Crippen LogP contribution >= 0.6 is 0 Å². The Hall–Kier alpha value is -3.48. The molecule has 2 aromatic rings. The van der Waals surface area contributed by atoms with Crippen LogP contribution in [-0.4, -0.2) is 64.2 Å². The first-order valence-electron chi connectivity index (χ1n) is 12.5. The molecule has 0 aliphatic carbocycles. The van der Waals surface area contributed by atoms with Crippen molar-refractivity contribution in [2.45, 2.75) is 82.9 Å². The Morgan fingerprint density at radius 2 is 1.92 bits per heavy atom. The summed E-state index contributed by atoms with van der Waals surface area (Å²) in [5.41, 5.74) is -0.920. The molecule has 12 heteroatoms. The molecule has 4 rings (SSSR count). The zero-order valence-electron chi connectivity index (χ0n) is 21.8. The van der Waals surface area contributed by atoms with E-state index in [0.717, 1.165) is 5.56 Å². The van der Waals surface area contributed by atoms with E-state index in [-0.39, 0.29) is 19.3 Å². The molecular formula is C26H34N4O8. The zero-order chi connectivity index (χ0) is 27.4. The maximum atomic E-state index is 13.4. The maximum Gasteiger partial charge on any atom is 0.408 e. The quantitative estimate of drug-likeness (QED) is 0.461. The lowest BCUT2D eigenvalue weighted by molar-refractivity contribution is -0.129. The number of H-pyrrole nitrogens is 1. The molecule has 2 saturated heterocycles. The van der Waals surface area contributed by atoms with Crippen molar-refractivity contribution in [1.82, 2.24) is 20.2 Å². The minimum absolute atomic E-state index is 0.201. The van der Waals surface area contributed by atoms with Crippen LogP contribution in [0.2, 0.25) is 0 Å². The fraction of sp³-hybridized carbons (Fsp3) is 0.538. The maximum absolute atomic E-state index is 13.4. The van der Waals surface area contributed by atoms with Crippen LogP contribution in [0, 0.1) is 0 Å². The van der Waals surface area contributed by atoms with Gasteiger partial charge in [-0.3, -0.25) is 19.1 Å². The summed E-state index contributed by atoms with van der Waals surface area (Å²) in [5, 5.41) is 5.54. The molecule has 2 aliphatic rings. The monoisotopic (exact) mass is 530 g/mol. The SMILES string of the molecule is C[C@@H](OCc1ccccc1)[C@@H](NC(=O)OC(C)(C)C)C(=O)N[C@H]1CO[C@@H]2C[C@H](n3ccc(=O)[nH]c3=O)O[C@H]12. The van der Waals surface area contributed by atoms with Crippen LogP contribution in [0.5, 0.6) is 0 Å². The molecule has 0 bridgehead atoms. The summed E-state index contributed by atoms with van der Waals surface area (Å²) in [7, 11) is 0. The van der Waals surface area contributed by atoms with Crippen LogP contribution in [0.4, 0.5) is 4.79 Å². The van der Waals surface area contributed by atoms with Gasteiger partial charge in [-0.05, 0) is 33.3 Å². The molecule has 6 atom stereocenters. The standard InChI is InChI=1S/C26H34N4O8/c1-15(35-13-16-8-6-5-7-9-16)21(29-25(34)38-26(2,3)4)23(32)27-17-14-36-18-12-20(37-22(17)18)30-11-10-19(31)28-24(30)33/h5-11,15,17-18,20-22H,12-14H2,1-4H3,(H,27,32)(H,29,34)(H,28,31,33)/t15-,17+,18-,20-,21-,22-/m1/s1. The molecule has 0 unspecified atom stereocenters. The normalized spacial score (nSPS) is 24.3. The number of carbonyl (C=O) groups is 2. The van der Waals surface area contributed by atoms with E-state index in [1.165, 1.54) is 16.8 Å². The number of aromatic amines is 1. The molecule has 0 saturated carbocycles. The Balaban J connectivity index is 1.43. The second-order valence-corrected chi connectivity index (χ2v) is 10.4. The number of fused-ring (bicyclic) bond motifs is 1. The van der Waals surface area contributed by atoms with E-state index in [9.17, 15) is 19.2 Å². The predicted molar refractivity (Wildman–Crippen MR) is 135 cm³/mol. The number of amides is 2. The lowest BCUT2D eigenvalue weighted by atomic mass is 10.1. The lowest BCUT2D eigenvalue weighted by Gasteiger charge is -2.28. The van der Waals surface area contributed by atoms with Crippen molar-refractivity contribution in [3.8, 4) is 0 Å². The van der Waals surface area contributed by atoms with Gasteiger partial charge in [-0.25, -0.2) is 9.59 Å². The summed E-state index contributed by atoms with van der Waals surface area (Å²) < 4.78 is 24.5. The highest BCUT2D eigenvalue weighted by molar-refractivity contribution is 5.86. The Morgan fingerprint density at radius 3 is 2.61 bits per heavy atom. The molecule has 2 aliphatic heterocycles. The Labute approximate surface area is 219 Å².